The molecule has 0 spiro atoms. The van der Waals surface area contributed by atoms with Crippen LogP contribution >= 0.6 is 11.6 Å². The van der Waals surface area contributed by atoms with Crippen molar-refractivity contribution in [3.63, 3.8) is 0 Å². The van der Waals surface area contributed by atoms with E-state index >= 15 is 0 Å². The number of ether oxygens (including phenoxy) is 2. The highest BCUT2D eigenvalue weighted by atomic mass is 35.5. The summed E-state index contributed by atoms with van der Waals surface area (Å²) in [5.74, 6) is 1.51. The monoisotopic (exact) mass is 430 g/mol. The van der Waals surface area contributed by atoms with Crippen LogP contribution in [0.3, 0.4) is 0 Å². The average Bonchev–Trinajstić information content (AvgIpc) is 2.75. The minimum absolute atomic E-state index is 0.0324. The summed E-state index contributed by atoms with van der Waals surface area (Å²) < 4.78 is 11.1. The van der Waals surface area contributed by atoms with Crippen molar-refractivity contribution in [2.45, 2.75) is 39.3 Å². The third-order valence-corrected chi connectivity index (χ3v) is 6.24. The van der Waals surface area contributed by atoms with Crippen molar-refractivity contribution in [2.24, 2.45) is 5.92 Å². The number of rotatable bonds is 7. The number of hydrogen-bond acceptors (Lipinski definition) is 4. The zero-order valence-electron chi connectivity index (χ0n) is 18.4. The molecule has 0 aliphatic carbocycles. The maximum absolute atomic E-state index is 13.1. The van der Waals surface area contributed by atoms with Crippen LogP contribution in [0.4, 0.5) is 0 Å². The summed E-state index contributed by atoms with van der Waals surface area (Å²) in [6.45, 7) is 8.26. The van der Waals surface area contributed by atoms with Crippen LogP contribution in [0.25, 0.3) is 0 Å². The van der Waals surface area contributed by atoms with Crippen LogP contribution in [0, 0.1) is 5.92 Å². The second-order valence-corrected chi connectivity index (χ2v) is 8.36. The molecule has 6 heteroatoms. The number of likely N-dealkylation sites (N-methyl/N-ethyl adjacent to an activating group) is 1. The summed E-state index contributed by atoms with van der Waals surface area (Å²) in [4.78, 5) is 15.5. The van der Waals surface area contributed by atoms with Gasteiger partial charge in [-0.25, -0.2) is 0 Å². The molecule has 2 unspecified atom stereocenters. The fourth-order valence-corrected chi connectivity index (χ4v) is 4.51. The molecule has 0 saturated carbocycles. The van der Waals surface area contributed by atoms with Gasteiger partial charge in [0.05, 0.1) is 36.9 Å². The van der Waals surface area contributed by atoms with Gasteiger partial charge >= 0.3 is 0 Å². The van der Waals surface area contributed by atoms with Crippen molar-refractivity contribution >= 4 is 17.5 Å². The molecule has 0 radical (unpaired) electrons. The van der Waals surface area contributed by atoms with E-state index in [2.05, 4.69) is 43.1 Å². The van der Waals surface area contributed by atoms with Gasteiger partial charge in [-0.3, -0.25) is 9.69 Å². The Hall–Kier alpha value is -2.24. The van der Waals surface area contributed by atoms with E-state index in [-0.39, 0.29) is 23.9 Å². The third kappa shape index (κ3) is 4.42. The van der Waals surface area contributed by atoms with E-state index in [0.29, 0.717) is 16.3 Å². The molecule has 1 N–H and O–H groups in total. The standard InChI is InChI=1S/C24H31ClN2O3/c1-6-27-12-11-16-13-20(29-4)21(30-5)14-18(16)23(27)22(15(2)3)26-24(28)17-9-7-8-10-19(17)25/h7-10,13-15,22-23H,6,11-12H2,1-5H3,(H,26,28). The second kappa shape index (κ2) is 9.71. The number of carbonyl (C=O) groups is 1. The third-order valence-electron chi connectivity index (χ3n) is 5.91. The van der Waals surface area contributed by atoms with Gasteiger partial charge in [0.2, 0.25) is 0 Å². The average molecular weight is 431 g/mol. The van der Waals surface area contributed by atoms with E-state index in [4.69, 9.17) is 21.1 Å². The zero-order valence-corrected chi connectivity index (χ0v) is 19.1. The minimum atomic E-state index is -0.150. The summed E-state index contributed by atoms with van der Waals surface area (Å²) in [5, 5.41) is 3.74. The van der Waals surface area contributed by atoms with E-state index in [1.807, 2.05) is 12.1 Å². The largest absolute Gasteiger partial charge is 0.493 e. The van der Waals surface area contributed by atoms with Crippen molar-refractivity contribution in [2.75, 3.05) is 27.3 Å². The van der Waals surface area contributed by atoms with Crippen LogP contribution in [0.5, 0.6) is 11.5 Å². The first-order valence-electron chi connectivity index (χ1n) is 10.4. The minimum Gasteiger partial charge on any atom is -0.493 e. The number of benzene rings is 2. The molecular weight excluding hydrogens is 400 g/mol. The Balaban J connectivity index is 2.02. The summed E-state index contributed by atoms with van der Waals surface area (Å²) in [6, 6.07) is 11.2. The molecule has 2 aromatic carbocycles. The number of amides is 1. The molecule has 30 heavy (non-hydrogen) atoms. The van der Waals surface area contributed by atoms with Gasteiger partial charge in [0.15, 0.2) is 11.5 Å². The van der Waals surface area contributed by atoms with Gasteiger partial charge in [-0.05, 0) is 54.3 Å². The lowest BCUT2D eigenvalue weighted by molar-refractivity contribution is 0.0834. The molecule has 5 nitrogen and oxygen atoms in total. The Labute approximate surface area is 184 Å². The van der Waals surface area contributed by atoms with Crippen LogP contribution in [-0.4, -0.2) is 44.2 Å². The lowest BCUT2D eigenvalue weighted by Gasteiger charge is -2.43. The molecule has 1 aliphatic heterocycles. The van der Waals surface area contributed by atoms with E-state index < -0.39 is 0 Å². The zero-order chi connectivity index (χ0) is 21.8. The molecule has 0 fully saturated rings. The highest BCUT2D eigenvalue weighted by Gasteiger charge is 2.36. The summed E-state index contributed by atoms with van der Waals surface area (Å²) in [5.41, 5.74) is 2.91. The lowest BCUT2D eigenvalue weighted by Crippen LogP contribution is -2.51. The highest BCUT2D eigenvalue weighted by molar-refractivity contribution is 6.33. The van der Waals surface area contributed by atoms with E-state index in [9.17, 15) is 4.79 Å². The summed E-state index contributed by atoms with van der Waals surface area (Å²) in [6.07, 6.45) is 0.934. The molecule has 0 aromatic heterocycles. The van der Waals surface area contributed by atoms with Crippen molar-refractivity contribution in [3.8, 4) is 11.5 Å². The van der Waals surface area contributed by atoms with Crippen LogP contribution in [0.1, 0.15) is 48.3 Å². The van der Waals surface area contributed by atoms with Crippen molar-refractivity contribution in [3.05, 3.63) is 58.1 Å². The van der Waals surface area contributed by atoms with Gasteiger partial charge in [-0.1, -0.05) is 44.5 Å². The van der Waals surface area contributed by atoms with Crippen molar-refractivity contribution in [1.29, 1.82) is 0 Å². The van der Waals surface area contributed by atoms with E-state index in [1.165, 1.54) is 11.1 Å². The smallest absolute Gasteiger partial charge is 0.253 e. The fourth-order valence-electron chi connectivity index (χ4n) is 4.29. The van der Waals surface area contributed by atoms with Gasteiger partial charge in [0.25, 0.3) is 5.91 Å². The number of carbonyl (C=O) groups excluding carboxylic acids is 1. The second-order valence-electron chi connectivity index (χ2n) is 7.95. The van der Waals surface area contributed by atoms with E-state index in [0.717, 1.165) is 25.3 Å². The maximum Gasteiger partial charge on any atom is 0.253 e. The molecule has 1 aliphatic rings. The Bertz CT molecular complexity index is 900. The number of hydrogen-bond donors (Lipinski definition) is 1. The number of fused-ring (bicyclic) bond motifs is 1. The fraction of sp³-hybridized carbons (Fsp3) is 0.458. The molecule has 0 bridgehead atoms. The van der Waals surface area contributed by atoms with Crippen LogP contribution in [0.15, 0.2) is 36.4 Å². The van der Waals surface area contributed by atoms with Gasteiger partial charge in [-0.2, -0.15) is 0 Å². The summed E-state index contributed by atoms with van der Waals surface area (Å²) in [7, 11) is 3.31. The van der Waals surface area contributed by atoms with Crippen LogP contribution in [0.2, 0.25) is 5.02 Å². The number of nitrogens with one attached hydrogen (secondary N) is 1. The quantitative estimate of drug-likeness (QED) is 0.689. The lowest BCUT2D eigenvalue weighted by atomic mass is 9.83. The van der Waals surface area contributed by atoms with Gasteiger partial charge < -0.3 is 14.8 Å². The van der Waals surface area contributed by atoms with Gasteiger partial charge in [0.1, 0.15) is 0 Å². The predicted molar refractivity (Wildman–Crippen MR) is 121 cm³/mol. The molecule has 162 valence electrons. The van der Waals surface area contributed by atoms with Crippen LogP contribution in [-0.2, 0) is 6.42 Å². The first-order chi connectivity index (χ1) is 14.4. The number of halogens is 1. The molecule has 2 aromatic rings. The topological polar surface area (TPSA) is 50.8 Å². The Morgan fingerprint density at radius 1 is 1.20 bits per heavy atom. The molecule has 1 amide bonds. The summed E-state index contributed by atoms with van der Waals surface area (Å²) >= 11 is 6.28. The molecule has 0 saturated heterocycles. The maximum atomic E-state index is 13.1. The Morgan fingerprint density at radius 3 is 2.47 bits per heavy atom. The van der Waals surface area contributed by atoms with Crippen molar-refractivity contribution < 1.29 is 14.3 Å². The SMILES string of the molecule is CCN1CCc2cc(OC)c(OC)cc2C1C(NC(=O)c1ccccc1Cl)C(C)C. The predicted octanol–water partition coefficient (Wildman–Crippen LogP) is 4.73. The highest BCUT2D eigenvalue weighted by Crippen LogP contribution is 2.40. The first-order valence-corrected chi connectivity index (χ1v) is 10.8. The first kappa shape index (κ1) is 22.4. The van der Waals surface area contributed by atoms with Gasteiger partial charge in [-0.15, -0.1) is 0 Å². The van der Waals surface area contributed by atoms with Gasteiger partial charge in [0, 0.05) is 6.54 Å². The number of nitrogens with zero attached hydrogens (tertiary/aromatic N) is 1. The Kier molecular flexibility index (Phi) is 7.27. The molecular formula is C24H31ClN2O3. The molecule has 1 heterocycles. The van der Waals surface area contributed by atoms with Crippen LogP contribution < -0.4 is 14.8 Å². The van der Waals surface area contributed by atoms with Crippen molar-refractivity contribution in [1.82, 2.24) is 10.2 Å². The molecule has 3 rings (SSSR count). The Morgan fingerprint density at radius 2 is 1.87 bits per heavy atom. The number of methoxy groups -OCH3 is 2. The van der Waals surface area contributed by atoms with E-state index in [1.54, 1.807) is 26.4 Å². The molecule has 2 atom stereocenters. The normalized spacial score (nSPS) is 17.4.